The van der Waals surface area contributed by atoms with Gasteiger partial charge in [-0.25, -0.2) is 0 Å². The van der Waals surface area contributed by atoms with Crippen molar-refractivity contribution >= 4 is 15.2 Å². The number of halogens is 1. The Bertz CT molecular complexity index is 528. The molecule has 0 aliphatic carbocycles. The standard InChI is InChI=1S/C12H27O5P.C8H17O4P.CH3F/c1-3-5-7-16-18(15,17-8-6-4-2)11-12(9-13)10-14;1-2-3-4-11-13(10)7-8(5-9)6-12-13;1-2/h12-14H,3-11H2,1-2H3;8-9H,2-7H2,1H3;1H3/i;;1D. The molecule has 1 aliphatic heterocycles. The van der Waals surface area contributed by atoms with Gasteiger partial charge in [-0.2, -0.15) is 0 Å². The second-order valence-electron chi connectivity index (χ2n) is 7.72. The highest BCUT2D eigenvalue weighted by molar-refractivity contribution is 7.54. The van der Waals surface area contributed by atoms with Crippen LogP contribution in [0, 0.1) is 11.8 Å². The zero-order chi connectivity index (χ0) is 26.3. The van der Waals surface area contributed by atoms with Crippen molar-refractivity contribution in [2.45, 2.75) is 59.3 Å². The molecule has 1 aliphatic rings. The molecule has 1 heterocycles. The topological polar surface area (TPSA) is 132 Å². The van der Waals surface area contributed by atoms with Crippen molar-refractivity contribution in [3.8, 4) is 0 Å². The van der Waals surface area contributed by atoms with E-state index in [0.29, 0.717) is 32.6 Å². The van der Waals surface area contributed by atoms with Gasteiger partial charge in [0.25, 0.3) is 0 Å². The SMILES string of the molecule is CCCCOP(=O)(CC(CO)CO)OCCCC.CCCCOP1(=O)CC(CO)CO1.[2H]CF. The molecule has 0 spiro atoms. The molecule has 2 atom stereocenters. The summed E-state index contributed by atoms with van der Waals surface area (Å²) in [6, 6.07) is 0. The summed E-state index contributed by atoms with van der Waals surface area (Å²) in [5.41, 5.74) is 0. The van der Waals surface area contributed by atoms with Crippen molar-refractivity contribution in [2.24, 2.45) is 11.8 Å². The van der Waals surface area contributed by atoms with Gasteiger partial charge in [-0.05, 0) is 19.3 Å². The maximum Gasteiger partial charge on any atom is 0.331 e. The van der Waals surface area contributed by atoms with Crippen LogP contribution in [-0.2, 0) is 27.2 Å². The Morgan fingerprint density at radius 1 is 1.06 bits per heavy atom. The van der Waals surface area contributed by atoms with E-state index in [2.05, 4.69) is 0 Å². The van der Waals surface area contributed by atoms with E-state index in [9.17, 15) is 13.5 Å². The number of hydrogen-bond acceptors (Lipinski definition) is 9. The first kappa shape index (κ1) is 33.1. The van der Waals surface area contributed by atoms with Crippen LogP contribution >= 0.6 is 15.2 Å². The van der Waals surface area contributed by atoms with Gasteiger partial charge in [0.1, 0.15) is 0 Å². The van der Waals surface area contributed by atoms with E-state index < -0.39 is 28.3 Å². The van der Waals surface area contributed by atoms with Gasteiger partial charge in [0, 0.05) is 31.7 Å². The molecule has 0 radical (unpaired) electrons. The van der Waals surface area contributed by atoms with E-state index in [-0.39, 0.29) is 31.9 Å². The second kappa shape index (κ2) is 22.6. The van der Waals surface area contributed by atoms with Crippen LogP contribution in [0.2, 0.25) is 0 Å². The Hall–Kier alpha value is 0.110. The van der Waals surface area contributed by atoms with E-state index in [1.54, 1.807) is 0 Å². The van der Waals surface area contributed by atoms with Crippen LogP contribution in [0.3, 0.4) is 0 Å². The minimum atomic E-state index is -3.19. The van der Waals surface area contributed by atoms with Crippen molar-refractivity contribution in [3.05, 3.63) is 0 Å². The molecule has 12 heteroatoms. The molecule has 2 unspecified atom stereocenters. The number of alkyl halides is 1. The molecule has 1 rings (SSSR count). The fourth-order valence-electron chi connectivity index (χ4n) is 2.52. The fourth-order valence-corrected chi connectivity index (χ4v) is 6.46. The van der Waals surface area contributed by atoms with Crippen LogP contribution in [0.1, 0.15) is 60.7 Å². The maximum atomic E-state index is 12.4. The predicted molar refractivity (Wildman–Crippen MR) is 129 cm³/mol. The summed E-state index contributed by atoms with van der Waals surface area (Å²) < 4.78 is 60.6. The average molecular weight is 526 g/mol. The molecule has 202 valence electrons. The summed E-state index contributed by atoms with van der Waals surface area (Å²) in [5.74, 6) is -0.452. The minimum Gasteiger partial charge on any atom is -0.396 e. The van der Waals surface area contributed by atoms with E-state index in [0.717, 1.165) is 38.5 Å². The van der Waals surface area contributed by atoms with Gasteiger partial charge in [0.15, 0.2) is 0 Å². The van der Waals surface area contributed by atoms with E-state index in [4.69, 9.17) is 34.8 Å². The van der Waals surface area contributed by atoms with E-state index >= 15 is 0 Å². The van der Waals surface area contributed by atoms with Crippen molar-refractivity contribution in [2.75, 3.05) is 65.7 Å². The molecule has 0 aromatic rings. The van der Waals surface area contributed by atoms with Crippen LogP contribution in [0.4, 0.5) is 4.39 Å². The molecule has 33 heavy (non-hydrogen) atoms. The van der Waals surface area contributed by atoms with Gasteiger partial charge in [-0.1, -0.05) is 40.0 Å². The van der Waals surface area contributed by atoms with Gasteiger partial charge in [0.05, 0.1) is 47.3 Å². The van der Waals surface area contributed by atoms with E-state index in [1.165, 1.54) is 0 Å². The highest BCUT2D eigenvalue weighted by Gasteiger charge is 2.36. The second-order valence-corrected chi connectivity index (χ2v) is 11.9. The smallest absolute Gasteiger partial charge is 0.331 e. The largest absolute Gasteiger partial charge is 0.396 e. The first-order chi connectivity index (χ1) is 16.2. The molecule has 0 aromatic heterocycles. The summed E-state index contributed by atoms with van der Waals surface area (Å²) in [7, 11) is -7.02. The molecule has 0 bridgehead atoms. The van der Waals surface area contributed by atoms with Crippen LogP contribution in [-0.4, -0.2) is 81.0 Å². The van der Waals surface area contributed by atoms with Gasteiger partial charge >= 0.3 is 15.2 Å². The van der Waals surface area contributed by atoms with Crippen molar-refractivity contribution in [3.63, 3.8) is 0 Å². The van der Waals surface area contributed by atoms with Gasteiger partial charge in [-0.3, -0.25) is 13.5 Å². The highest BCUT2D eigenvalue weighted by Crippen LogP contribution is 2.54. The number of aliphatic hydroxyl groups excluding tert-OH is 3. The average Bonchev–Trinajstić information content (AvgIpc) is 3.20. The van der Waals surface area contributed by atoms with Crippen LogP contribution < -0.4 is 0 Å². The Balaban J connectivity index is 0. The fraction of sp³-hybridized carbons (Fsp3) is 1.00. The lowest BCUT2D eigenvalue weighted by Crippen LogP contribution is -2.18. The minimum absolute atomic E-state index is 0.00698. The maximum absolute atomic E-state index is 12.4. The first-order valence-corrected chi connectivity index (χ1v) is 15.1. The number of unbranched alkanes of at least 4 members (excludes halogenated alkanes) is 3. The van der Waals surface area contributed by atoms with Crippen molar-refractivity contribution in [1.29, 1.82) is 0 Å². The number of rotatable bonds is 17. The summed E-state index contributed by atoms with van der Waals surface area (Å²) in [4.78, 5) is 0. The number of hydrogen-bond donors (Lipinski definition) is 3. The quantitative estimate of drug-likeness (QED) is 0.184. The molecule has 0 aromatic carbocycles. The predicted octanol–water partition coefficient (Wildman–Crippen LogP) is 4.63. The lowest BCUT2D eigenvalue weighted by atomic mass is 10.2. The molecular formula is C21H47FO9P2. The summed E-state index contributed by atoms with van der Waals surface area (Å²) >= 11 is 0. The van der Waals surface area contributed by atoms with Crippen molar-refractivity contribution < 1.29 is 48.3 Å². The zero-order valence-corrected chi connectivity index (χ0v) is 22.3. The van der Waals surface area contributed by atoms with E-state index in [1.807, 2.05) is 20.8 Å². The molecule has 1 fully saturated rings. The Kier molecular flexibility index (Phi) is 22.6. The van der Waals surface area contributed by atoms with Crippen LogP contribution in [0.15, 0.2) is 0 Å². The van der Waals surface area contributed by atoms with Gasteiger partial charge in [-0.15, -0.1) is 0 Å². The molecule has 3 N–H and O–H groups in total. The van der Waals surface area contributed by atoms with Crippen LogP contribution in [0.25, 0.3) is 0 Å². The summed E-state index contributed by atoms with van der Waals surface area (Å²) in [6.07, 6.45) is 5.92. The Morgan fingerprint density at radius 3 is 1.94 bits per heavy atom. The molecule has 9 nitrogen and oxygen atoms in total. The number of aliphatic hydroxyl groups is 3. The van der Waals surface area contributed by atoms with Gasteiger partial charge < -0.3 is 33.4 Å². The van der Waals surface area contributed by atoms with Crippen molar-refractivity contribution in [1.82, 2.24) is 0 Å². The lowest BCUT2D eigenvalue weighted by molar-refractivity contribution is 0.146. The molecular weight excluding hydrogens is 477 g/mol. The highest BCUT2D eigenvalue weighted by atomic mass is 31.2. The first-order valence-electron chi connectivity index (χ1n) is 12.4. The molecule has 0 amide bonds. The molecule has 0 saturated carbocycles. The Labute approximate surface area is 200 Å². The third-order valence-corrected chi connectivity index (χ3v) is 8.80. The third kappa shape index (κ3) is 18.1. The summed E-state index contributed by atoms with van der Waals surface area (Å²) in [6.45, 7) is 7.34. The third-order valence-electron chi connectivity index (χ3n) is 4.60. The van der Waals surface area contributed by atoms with Gasteiger partial charge in [0.2, 0.25) is 0 Å². The normalized spacial score (nSPS) is 20.6. The zero-order valence-electron chi connectivity index (χ0n) is 21.5. The lowest BCUT2D eigenvalue weighted by Gasteiger charge is -2.21. The van der Waals surface area contributed by atoms with Crippen LogP contribution in [0.5, 0.6) is 0 Å². The molecule has 1 saturated heterocycles. The monoisotopic (exact) mass is 525 g/mol. The summed E-state index contributed by atoms with van der Waals surface area (Å²) in [5, 5.41) is 26.9. The Morgan fingerprint density at radius 2 is 1.55 bits per heavy atom.